The Hall–Kier alpha value is -2.20. The van der Waals surface area contributed by atoms with Crippen molar-refractivity contribution >= 4 is 5.91 Å². The molecule has 4 heteroatoms. The largest absolute Gasteiger partial charge is 0.368 e. The highest BCUT2D eigenvalue weighted by Crippen LogP contribution is 2.27. The van der Waals surface area contributed by atoms with E-state index in [1.165, 1.54) is 12.1 Å². The van der Waals surface area contributed by atoms with Crippen molar-refractivity contribution in [2.45, 2.75) is 12.0 Å². The number of benzene rings is 2. The molecule has 0 aliphatic heterocycles. The van der Waals surface area contributed by atoms with E-state index in [0.29, 0.717) is 0 Å². The van der Waals surface area contributed by atoms with Crippen LogP contribution in [0.15, 0.2) is 54.6 Å². The molecule has 0 aliphatic carbocycles. The zero-order valence-electron chi connectivity index (χ0n) is 10.3. The summed E-state index contributed by atoms with van der Waals surface area (Å²) in [5, 5.41) is 0. The second kappa shape index (κ2) is 5.63. The van der Waals surface area contributed by atoms with Crippen LogP contribution in [-0.4, -0.2) is 11.9 Å². The Morgan fingerprint density at radius 3 is 2.00 bits per heavy atom. The summed E-state index contributed by atoms with van der Waals surface area (Å²) in [5.74, 6) is -1.29. The van der Waals surface area contributed by atoms with E-state index < -0.39 is 11.9 Å². The second-order valence-electron chi connectivity index (χ2n) is 4.37. The molecule has 3 nitrogen and oxygen atoms in total. The minimum absolute atomic E-state index is 0.330. The summed E-state index contributed by atoms with van der Waals surface area (Å²) < 4.78 is 13.0. The first-order chi connectivity index (χ1) is 9.09. The van der Waals surface area contributed by atoms with Gasteiger partial charge in [-0.1, -0.05) is 42.5 Å². The molecule has 1 amide bonds. The number of carbonyl (C=O) groups excluding carboxylic acids is 1. The number of nitrogens with two attached hydrogens (primary N) is 2. The highest BCUT2D eigenvalue weighted by molar-refractivity contribution is 5.81. The summed E-state index contributed by atoms with van der Waals surface area (Å²) in [7, 11) is 0. The third-order valence-electron chi connectivity index (χ3n) is 3.08. The highest BCUT2D eigenvalue weighted by atomic mass is 19.1. The Labute approximate surface area is 111 Å². The predicted octanol–water partition coefficient (Wildman–Crippen LogP) is 1.77. The fourth-order valence-corrected chi connectivity index (χ4v) is 2.10. The van der Waals surface area contributed by atoms with Crippen molar-refractivity contribution in [3.8, 4) is 0 Å². The summed E-state index contributed by atoms with van der Waals surface area (Å²) >= 11 is 0. The van der Waals surface area contributed by atoms with Crippen LogP contribution in [-0.2, 0) is 4.79 Å². The first kappa shape index (κ1) is 13.2. The van der Waals surface area contributed by atoms with Crippen molar-refractivity contribution in [2.24, 2.45) is 11.5 Å². The fourth-order valence-electron chi connectivity index (χ4n) is 2.10. The molecule has 2 rings (SSSR count). The van der Waals surface area contributed by atoms with Gasteiger partial charge in [0.2, 0.25) is 5.91 Å². The van der Waals surface area contributed by atoms with Gasteiger partial charge in [-0.2, -0.15) is 0 Å². The van der Waals surface area contributed by atoms with Crippen LogP contribution in [0.3, 0.4) is 0 Å². The van der Waals surface area contributed by atoms with Crippen molar-refractivity contribution in [2.75, 3.05) is 0 Å². The lowest BCUT2D eigenvalue weighted by Gasteiger charge is -2.22. The normalized spacial score (nSPS) is 13.8. The Bertz CT molecular complexity index is 554. The van der Waals surface area contributed by atoms with Gasteiger partial charge < -0.3 is 11.5 Å². The predicted molar refractivity (Wildman–Crippen MR) is 71.9 cm³/mol. The van der Waals surface area contributed by atoms with E-state index in [9.17, 15) is 9.18 Å². The maximum Gasteiger partial charge on any atom is 0.235 e. The topological polar surface area (TPSA) is 69.1 Å². The minimum atomic E-state index is -0.854. The molecule has 2 aromatic carbocycles. The number of hydrogen-bond donors (Lipinski definition) is 2. The van der Waals surface area contributed by atoms with Crippen molar-refractivity contribution < 1.29 is 9.18 Å². The zero-order valence-corrected chi connectivity index (χ0v) is 10.3. The smallest absolute Gasteiger partial charge is 0.235 e. The van der Waals surface area contributed by atoms with E-state index in [4.69, 9.17) is 11.5 Å². The molecule has 0 aromatic heterocycles. The lowest BCUT2D eigenvalue weighted by Crippen LogP contribution is -2.41. The van der Waals surface area contributed by atoms with E-state index in [-0.39, 0.29) is 11.7 Å². The maximum absolute atomic E-state index is 13.0. The molecule has 0 radical (unpaired) electrons. The van der Waals surface area contributed by atoms with Crippen LogP contribution in [0.1, 0.15) is 17.0 Å². The fraction of sp³-hybridized carbons (Fsp3) is 0.133. The van der Waals surface area contributed by atoms with Crippen LogP contribution in [0.2, 0.25) is 0 Å². The van der Waals surface area contributed by atoms with Gasteiger partial charge in [0.1, 0.15) is 5.82 Å². The average Bonchev–Trinajstić information content (AvgIpc) is 2.42. The number of primary amides is 1. The molecule has 19 heavy (non-hydrogen) atoms. The van der Waals surface area contributed by atoms with E-state index in [1.807, 2.05) is 30.3 Å². The third-order valence-corrected chi connectivity index (χ3v) is 3.08. The minimum Gasteiger partial charge on any atom is -0.368 e. The molecule has 0 saturated carbocycles. The molecular formula is C15H15FN2O. The zero-order chi connectivity index (χ0) is 13.8. The molecule has 0 fully saturated rings. The Morgan fingerprint density at radius 1 is 0.947 bits per heavy atom. The standard InChI is InChI=1S/C15H15FN2O/c16-12-8-6-11(7-9-12)13(14(17)15(18)19)10-4-2-1-3-5-10/h1-9,13-14H,17H2,(H2,18,19)/t13?,14-/m0/s1. The molecule has 2 atom stereocenters. The molecule has 0 saturated heterocycles. The highest BCUT2D eigenvalue weighted by Gasteiger charge is 2.25. The monoisotopic (exact) mass is 258 g/mol. The number of hydrogen-bond acceptors (Lipinski definition) is 2. The van der Waals surface area contributed by atoms with Gasteiger partial charge in [0.15, 0.2) is 0 Å². The summed E-state index contributed by atoms with van der Waals surface area (Å²) in [4.78, 5) is 11.4. The summed E-state index contributed by atoms with van der Waals surface area (Å²) in [6.45, 7) is 0. The van der Waals surface area contributed by atoms with Gasteiger partial charge in [0.25, 0.3) is 0 Å². The summed E-state index contributed by atoms with van der Waals surface area (Å²) in [5.41, 5.74) is 12.8. The Balaban J connectivity index is 2.45. The molecule has 1 unspecified atom stereocenters. The van der Waals surface area contributed by atoms with Crippen LogP contribution in [0.25, 0.3) is 0 Å². The Morgan fingerprint density at radius 2 is 1.47 bits per heavy atom. The van der Waals surface area contributed by atoms with Gasteiger partial charge in [-0.15, -0.1) is 0 Å². The number of carbonyl (C=O) groups is 1. The molecule has 2 aromatic rings. The maximum atomic E-state index is 13.0. The van der Waals surface area contributed by atoms with Gasteiger partial charge >= 0.3 is 0 Å². The van der Waals surface area contributed by atoms with Crippen LogP contribution in [0.4, 0.5) is 4.39 Å². The molecule has 98 valence electrons. The van der Waals surface area contributed by atoms with Gasteiger partial charge in [0, 0.05) is 5.92 Å². The molecule has 4 N–H and O–H groups in total. The van der Waals surface area contributed by atoms with Gasteiger partial charge in [-0.25, -0.2) is 4.39 Å². The van der Waals surface area contributed by atoms with Gasteiger partial charge in [-0.05, 0) is 23.3 Å². The number of halogens is 1. The van der Waals surface area contributed by atoms with E-state index in [2.05, 4.69) is 0 Å². The quantitative estimate of drug-likeness (QED) is 0.877. The van der Waals surface area contributed by atoms with Crippen molar-refractivity contribution in [3.63, 3.8) is 0 Å². The average molecular weight is 258 g/mol. The first-order valence-electron chi connectivity index (χ1n) is 5.95. The number of rotatable bonds is 4. The molecule has 0 heterocycles. The van der Waals surface area contributed by atoms with E-state index in [1.54, 1.807) is 12.1 Å². The third kappa shape index (κ3) is 2.98. The lowest BCUT2D eigenvalue weighted by atomic mass is 9.85. The first-order valence-corrected chi connectivity index (χ1v) is 5.95. The molecule has 0 aliphatic rings. The number of amides is 1. The SMILES string of the molecule is NC(=O)[C@@H](N)C(c1ccccc1)c1ccc(F)cc1. The molecule has 0 spiro atoms. The van der Waals surface area contributed by atoms with E-state index in [0.717, 1.165) is 11.1 Å². The van der Waals surface area contributed by atoms with Crippen LogP contribution in [0.5, 0.6) is 0 Å². The summed E-state index contributed by atoms with van der Waals surface area (Å²) in [6.07, 6.45) is 0. The van der Waals surface area contributed by atoms with Crippen LogP contribution >= 0.6 is 0 Å². The van der Waals surface area contributed by atoms with Crippen molar-refractivity contribution in [3.05, 3.63) is 71.5 Å². The molecular weight excluding hydrogens is 243 g/mol. The van der Waals surface area contributed by atoms with Crippen LogP contribution < -0.4 is 11.5 Å². The van der Waals surface area contributed by atoms with Crippen molar-refractivity contribution in [1.82, 2.24) is 0 Å². The Kier molecular flexibility index (Phi) is 3.92. The van der Waals surface area contributed by atoms with Crippen LogP contribution in [0, 0.1) is 5.82 Å². The van der Waals surface area contributed by atoms with Crippen molar-refractivity contribution in [1.29, 1.82) is 0 Å². The van der Waals surface area contributed by atoms with E-state index >= 15 is 0 Å². The molecule has 0 bridgehead atoms. The second-order valence-corrected chi connectivity index (χ2v) is 4.37. The van der Waals surface area contributed by atoms with Gasteiger partial charge in [0.05, 0.1) is 6.04 Å². The lowest BCUT2D eigenvalue weighted by molar-refractivity contribution is -0.119. The van der Waals surface area contributed by atoms with Gasteiger partial charge in [-0.3, -0.25) is 4.79 Å². The summed E-state index contributed by atoms with van der Waals surface area (Å²) in [6, 6.07) is 14.4.